The van der Waals surface area contributed by atoms with Gasteiger partial charge in [0, 0.05) is 0 Å². The summed E-state index contributed by atoms with van der Waals surface area (Å²) in [7, 11) is 0. The Morgan fingerprint density at radius 1 is 1.03 bits per heavy atom. The Morgan fingerprint density at radius 3 is 2.58 bits per heavy atom. The lowest BCUT2D eigenvalue weighted by atomic mass is 10.0. The predicted molar refractivity (Wildman–Crippen MR) is 115 cm³/mol. The zero-order chi connectivity index (χ0) is 22.0. The number of nitrogens with one attached hydrogen (secondary N) is 2. The van der Waals surface area contributed by atoms with Gasteiger partial charge in [-0.2, -0.15) is 0 Å². The lowest BCUT2D eigenvalue weighted by Gasteiger charge is -2.10. The molecule has 1 aromatic heterocycles. The van der Waals surface area contributed by atoms with Crippen LogP contribution >= 0.6 is 11.6 Å². The number of hydrogen-bond acceptors (Lipinski definition) is 4. The van der Waals surface area contributed by atoms with Gasteiger partial charge in [-0.1, -0.05) is 65.3 Å². The van der Waals surface area contributed by atoms with Crippen molar-refractivity contribution in [1.29, 1.82) is 0 Å². The Hall–Kier alpha value is -3.71. The van der Waals surface area contributed by atoms with Crippen molar-refractivity contribution < 1.29 is 18.5 Å². The highest BCUT2D eigenvalue weighted by molar-refractivity contribution is 6.33. The molecule has 0 spiro atoms. The van der Waals surface area contributed by atoms with Crippen LogP contribution in [0.1, 0.15) is 21.7 Å². The van der Waals surface area contributed by atoms with Gasteiger partial charge in [-0.25, -0.2) is 4.39 Å². The van der Waals surface area contributed by atoms with Crippen LogP contribution in [0.4, 0.5) is 4.39 Å². The van der Waals surface area contributed by atoms with Gasteiger partial charge in [0.25, 0.3) is 5.91 Å². The van der Waals surface area contributed by atoms with E-state index in [1.54, 1.807) is 0 Å². The summed E-state index contributed by atoms with van der Waals surface area (Å²) in [5.74, 6) is -1.59. The van der Waals surface area contributed by atoms with E-state index < -0.39 is 17.6 Å². The number of nitrogens with zero attached hydrogens (tertiary/aromatic N) is 1. The van der Waals surface area contributed by atoms with Gasteiger partial charge >= 0.3 is 0 Å². The third-order valence-electron chi connectivity index (χ3n) is 4.84. The van der Waals surface area contributed by atoms with E-state index in [1.165, 1.54) is 25.1 Å². The number of aryl methyl sites for hydroxylation is 1. The summed E-state index contributed by atoms with van der Waals surface area (Å²) in [6.07, 6.45) is 0.0657. The minimum atomic E-state index is -0.695. The topological polar surface area (TPSA) is 84.2 Å². The van der Waals surface area contributed by atoms with Gasteiger partial charge in [-0.3, -0.25) is 20.4 Å². The molecule has 0 aliphatic heterocycles. The summed E-state index contributed by atoms with van der Waals surface area (Å²) < 4.78 is 19.4. The van der Waals surface area contributed by atoms with Crippen LogP contribution < -0.4 is 10.9 Å². The van der Waals surface area contributed by atoms with Crippen molar-refractivity contribution >= 4 is 34.2 Å². The quantitative estimate of drug-likeness (QED) is 0.457. The molecule has 0 saturated heterocycles. The van der Waals surface area contributed by atoms with Crippen LogP contribution in [-0.4, -0.2) is 17.0 Å². The largest absolute Gasteiger partial charge is 0.360 e. The predicted octanol–water partition coefficient (Wildman–Crippen LogP) is 4.60. The molecule has 0 fully saturated rings. The molecule has 1 heterocycles. The summed E-state index contributed by atoms with van der Waals surface area (Å²) in [4.78, 5) is 25.2. The number of benzene rings is 3. The number of fused-ring (bicyclic) bond motifs is 1. The molecule has 0 radical (unpaired) electrons. The minimum absolute atomic E-state index is 0.0162. The zero-order valence-corrected chi connectivity index (χ0v) is 17.2. The molecule has 8 heteroatoms. The molecule has 0 unspecified atom stereocenters. The van der Waals surface area contributed by atoms with Crippen LogP contribution in [0.2, 0.25) is 5.02 Å². The van der Waals surface area contributed by atoms with Gasteiger partial charge in [0.1, 0.15) is 22.8 Å². The van der Waals surface area contributed by atoms with Crippen molar-refractivity contribution in [1.82, 2.24) is 16.0 Å². The van der Waals surface area contributed by atoms with Gasteiger partial charge in [-0.15, -0.1) is 0 Å². The molecule has 2 N–H and O–H groups in total. The molecule has 3 aromatic carbocycles. The minimum Gasteiger partial charge on any atom is -0.360 e. The number of amides is 2. The van der Waals surface area contributed by atoms with E-state index in [4.69, 9.17) is 16.1 Å². The molecule has 0 saturated carbocycles. The van der Waals surface area contributed by atoms with E-state index in [0.717, 1.165) is 16.3 Å². The van der Waals surface area contributed by atoms with E-state index >= 15 is 0 Å². The first-order chi connectivity index (χ1) is 15.0. The molecular formula is C23H17ClFN3O3. The molecule has 2 amide bonds. The standard InChI is InChI=1S/C23H17ClFN3O3/c1-13-20(22(28-31-13)21-17(24)10-5-11-18(21)25)23(30)27-26-19(29)12-15-8-4-7-14-6-2-3-9-16(14)15/h2-11H,12H2,1H3,(H,26,29)(H,27,30). The van der Waals surface area contributed by atoms with Crippen molar-refractivity contribution in [3.8, 4) is 11.3 Å². The second-order valence-electron chi connectivity index (χ2n) is 6.88. The molecule has 0 aliphatic rings. The summed E-state index contributed by atoms with van der Waals surface area (Å²) in [6.45, 7) is 1.51. The Morgan fingerprint density at radius 2 is 1.77 bits per heavy atom. The van der Waals surface area contributed by atoms with Crippen molar-refractivity contribution in [3.63, 3.8) is 0 Å². The average Bonchev–Trinajstić information content (AvgIpc) is 3.13. The van der Waals surface area contributed by atoms with Gasteiger partial charge in [0.15, 0.2) is 0 Å². The Labute approximate surface area is 182 Å². The van der Waals surface area contributed by atoms with Gasteiger partial charge in [0.2, 0.25) is 5.91 Å². The monoisotopic (exact) mass is 437 g/mol. The van der Waals surface area contributed by atoms with Crippen molar-refractivity contribution in [2.75, 3.05) is 0 Å². The molecule has 0 atom stereocenters. The van der Waals surface area contributed by atoms with Gasteiger partial charge in [0.05, 0.1) is 17.0 Å². The van der Waals surface area contributed by atoms with E-state index in [-0.39, 0.29) is 34.0 Å². The third-order valence-corrected chi connectivity index (χ3v) is 5.15. The highest BCUT2D eigenvalue weighted by atomic mass is 35.5. The fourth-order valence-corrected chi connectivity index (χ4v) is 3.64. The Kier molecular flexibility index (Phi) is 5.68. The molecule has 0 aliphatic carbocycles. The molecule has 4 rings (SSSR count). The van der Waals surface area contributed by atoms with E-state index in [2.05, 4.69) is 16.0 Å². The van der Waals surface area contributed by atoms with Crippen LogP contribution in [0.5, 0.6) is 0 Å². The number of rotatable bonds is 4. The number of hydrogen-bond donors (Lipinski definition) is 2. The fraction of sp³-hybridized carbons (Fsp3) is 0.0870. The van der Waals surface area contributed by atoms with E-state index in [1.807, 2.05) is 42.5 Å². The number of carbonyl (C=O) groups is 2. The molecule has 31 heavy (non-hydrogen) atoms. The highest BCUT2D eigenvalue weighted by Crippen LogP contribution is 2.33. The average molecular weight is 438 g/mol. The SMILES string of the molecule is Cc1onc(-c2c(F)cccc2Cl)c1C(=O)NNC(=O)Cc1cccc2ccccc12. The Bertz CT molecular complexity index is 1280. The van der Waals surface area contributed by atoms with Crippen LogP contribution in [0.3, 0.4) is 0 Å². The summed E-state index contributed by atoms with van der Waals surface area (Å²) >= 11 is 6.09. The van der Waals surface area contributed by atoms with Crippen LogP contribution in [0, 0.1) is 12.7 Å². The van der Waals surface area contributed by atoms with Gasteiger partial charge < -0.3 is 4.52 Å². The summed E-state index contributed by atoms with van der Waals surface area (Å²) in [5.41, 5.74) is 5.44. The molecule has 4 aromatic rings. The molecule has 156 valence electrons. The molecule has 0 bridgehead atoms. The first-order valence-electron chi connectivity index (χ1n) is 9.42. The lowest BCUT2D eigenvalue weighted by molar-refractivity contribution is -0.121. The number of halogens is 2. The fourth-order valence-electron chi connectivity index (χ4n) is 3.39. The summed E-state index contributed by atoms with van der Waals surface area (Å²) in [6, 6.07) is 17.5. The summed E-state index contributed by atoms with van der Waals surface area (Å²) in [5, 5.41) is 5.84. The zero-order valence-electron chi connectivity index (χ0n) is 16.4. The maximum Gasteiger partial charge on any atom is 0.275 e. The maximum atomic E-state index is 14.3. The van der Waals surface area contributed by atoms with Crippen molar-refractivity contribution in [3.05, 3.63) is 88.4 Å². The first-order valence-corrected chi connectivity index (χ1v) is 9.80. The third kappa shape index (κ3) is 4.13. The maximum absolute atomic E-state index is 14.3. The van der Waals surface area contributed by atoms with Crippen LogP contribution in [-0.2, 0) is 11.2 Å². The molecule has 6 nitrogen and oxygen atoms in total. The van der Waals surface area contributed by atoms with Gasteiger partial charge in [-0.05, 0) is 35.4 Å². The first kappa shape index (κ1) is 20.6. The van der Waals surface area contributed by atoms with Crippen LogP contribution in [0.25, 0.3) is 22.0 Å². The van der Waals surface area contributed by atoms with E-state index in [0.29, 0.717) is 0 Å². The van der Waals surface area contributed by atoms with E-state index in [9.17, 15) is 14.0 Å². The number of carbonyl (C=O) groups excluding carboxylic acids is 2. The van der Waals surface area contributed by atoms with Crippen molar-refractivity contribution in [2.45, 2.75) is 13.3 Å². The highest BCUT2D eigenvalue weighted by Gasteiger charge is 2.25. The van der Waals surface area contributed by atoms with Crippen molar-refractivity contribution in [2.24, 2.45) is 0 Å². The Balaban J connectivity index is 1.51. The second kappa shape index (κ2) is 8.57. The number of aromatic nitrogens is 1. The lowest BCUT2D eigenvalue weighted by Crippen LogP contribution is -2.42. The molecular weight excluding hydrogens is 421 g/mol. The second-order valence-corrected chi connectivity index (χ2v) is 7.28. The number of hydrazine groups is 1. The smallest absolute Gasteiger partial charge is 0.275 e. The van der Waals surface area contributed by atoms with Crippen LogP contribution in [0.15, 0.2) is 65.2 Å². The normalized spacial score (nSPS) is 10.8.